The Hall–Kier alpha value is -2.32. The maximum Gasteiger partial charge on any atom is 0.253 e. The number of hydrogen-bond donors (Lipinski definition) is 0. The van der Waals surface area contributed by atoms with Crippen molar-refractivity contribution in [3.05, 3.63) is 46.7 Å². The molecule has 0 unspecified atom stereocenters. The Morgan fingerprint density at radius 3 is 2.64 bits per heavy atom. The summed E-state index contributed by atoms with van der Waals surface area (Å²) < 4.78 is 1.71. The molecule has 0 saturated carbocycles. The minimum Gasteiger partial charge on any atom is -0.367 e. The van der Waals surface area contributed by atoms with Crippen molar-refractivity contribution in [1.29, 1.82) is 0 Å². The van der Waals surface area contributed by atoms with Gasteiger partial charge in [0.25, 0.3) is 5.78 Å². The number of fused-ring (bicyclic) bond motifs is 1. The topological polar surface area (TPSA) is 66.6 Å². The molecule has 0 radical (unpaired) electrons. The molecule has 1 aromatic carbocycles. The van der Waals surface area contributed by atoms with E-state index in [1.54, 1.807) is 4.52 Å². The van der Waals surface area contributed by atoms with E-state index in [-0.39, 0.29) is 5.91 Å². The van der Waals surface area contributed by atoms with E-state index in [0.717, 1.165) is 35.2 Å². The second-order valence-electron chi connectivity index (χ2n) is 6.75. The van der Waals surface area contributed by atoms with Crippen molar-refractivity contribution in [2.45, 2.75) is 19.0 Å². The Balaban J connectivity index is 1.34. The number of nitrogens with zero attached hydrogens (tertiary/aromatic N) is 6. The Labute approximate surface area is 172 Å². The van der Waals surface area contributed by atoms with Crippen molar-refractivity contribution < 1.29 is 4.79 Å². The minimum absolute atomic E-state index is 0.100. The van der Waals surface area contributed by atoms with Gasteiger partial charge < -0.3 is 9.80 Å². The van der Waals surface area contributed by atoms with E-state index in [0.29, 0.717) is 29.8 Å². The van der Waals surface area contributed by atoms with Crippen molar-refractivity contribution in [2.24, 2.45) is 0 Å². The molecule has 146 valence electrons. The van der Waals surface area contributed by atoms with Crippen LogP contribution < -0.4 is 4.90 Å². The fourth-order valence-corrected chi connectivity index (χ4v) is 4.31. The second kappa shape index (κ2) is 7.97. The first-order valence-electron chi connectivity index (χ1n) is 9.12. The maximum atomic E-state index is 12.6. The SMILES string of the molecule is Cc1cc(C)n2nc(SCC(=O)N3CCN(c4ccccc4Cl)CC3)nc2n1. The molecule has 4 rings (SSSR count). The number of hydrogen-bond acceptors (Lipinski definition) is 6. The normalized spacial score (nSPS) is 14.7. The molecule has 0 spiro atoms. The van der Waals surface area contributed by atoms with Gasteiger partial charge in [-0.2, -0.15) is 4.98 Å². The highest BCUT2D eigenvalue weighted by Gasteiger charge is 2.22. The van der Waals surface area contributed by atoms with Crippen molar-refractivity contribution in [3.8, 4) is 0 Å². The molecule has 1 aliphatic heterocycles. The number of carbonyl (C=O) groups excluding carboxylic acids is 1. The third-order valence-electron chi connectivity index (χ3n) is 4.75. The Morgan fingerprint density at radius 1 is 1.14 bits per heavy atom. The number of thioether (sulfide) groups is 1. The molecule has 0 N–H and O–H groups in total. The molecule has 1 aliphatic rings. The highest BCUT2D eigenvalue weighted by Crippen LogP contribution is 2.26. The molecule has 9 heteroatoms. The molecule has 1 fully saturated rings. The van der Waals surface area contributed by atoms with Gasteiger partial charge in [-0.1, -0.05) is 35.5 Å². The number of benzene rings is 1. The number of aromatic nitrogens is 4. The van der Waals surface area contributed by atoms with E-state index in [1.165, 1.54) is 11.8 Å². The lowest BCUT2D eigenvalue weighted by Gasteiger charge is -2.36. The molecule has 0 aliphatic carbocycles. The summed E-state index contributed by atoms with van der Waals surface area (Å²) in [6, 6.07) is 9.77. The van der Waals surface area contributed by atoms with E-state index >= 15 is 0 Å². The number of para-hydroxylation sites is 1. The lowest BCUT2D eigenvalue weighted by molar-refractivity contribution is -0.128. The molecular formula is C19H21ClN6OS. The van der Waals surface area contributed by atoms with Crippen LogP contribution in [0.25, 0.3) is 5.78 Å². The average Bonchev–Trinajstić information content (AvgIpc) is 3.10. The summed E-state index contributed by atoms with van der Waals surface area (Å²) in [4.78, 5) is 25.5. The summed E-state index contributed by atoms with van der Waals surface area (Å²) >= 11 is 7.63. The summed E-state index contributed by atoms with van der Waals surface area (Å²) in [5, 5.41) is 5.76. The van der Waals surface area contributed by atoms with Crippen molar-refractivity contribution in [2.75, 3.05) is 36.8 Å². The van der Waals surface area contributed by atoms with Gasteiger partial charge >= 0.3 is 0 Å². The quantitative estimate of drug-likeness (QED) is 0.609. The molecule has 1 saturated heterocycles. The summed E-state index contributed by atoms with van der Waals surface area (Å²) in [5.74, 6) is 0.991. The molecule has 3 aromatic rings. The lowest BCUT2D eigenvalue weighted by Crippen LogP contribution is -2.49. The summed E-state index contributed by atoms with van der Waals surface area (Å²) in [7, 11) is 0. The fourth-order valence-electron chi connectivity index (χ4n) is 3.33. The zero-order chi connectivity index (χ0) is 19.7. The number of amides is 1. The molecular weight excluding hydrogens is 396 g/mol. The van der Waals surface area contributed by atoms with Crippen LogP contribution in [0.4, 0.5) is 5.69 Å². The monoisotopic (exact) mass is 416 g/mol. The molecule has 2 aromatic heterocycles. The first-order valence-corrected chi connectivity index (χ1v) is 10.5. The van der Waals surface area contributed by atoms with Gasteiger partial charge in [-0.15, -0.1) is 5.10 Å². The van der Waals surface area contributed by atoms with Crippen LogP contribution in [0.5, 0.6) is 0 Å². The standard InChI is InChI=1S/C19H21ClN6OS/c1-13-11-14(2)26-18(21-13)22-19(23-26)28-12-17(27)25-9-7-24(8-10-25)16-6-4-3-5-15(16)20/h3-6,11H,7-10,12H2,1-2H3. The summed E-state index contributed by atoms with van der Waals surface area (Å²) in [6.45, 7) is 6.81. The minimum atomic E-state index is 0.100. The smallest absolute Gasteiger partial charge is 0.253 e. The van der Waals surface area contributed by atoms with Crippen LogP contribution >= 0.6 is 23.4 Å². The third-order valence-corrected chi connectivity index (χ3v) is 5.89. The zero-order valence-corrected chi connectivity index (χ0v) is 17.4. The lowest BCUT2D eigenvalue weighted by atomic mass is 10.2. The van der Waals surface area contributed by atoms with E-state index in [2.05, 4.69) is 20.0 Å². The van der Waals surface area contributed by atoms with Crippen LogP contribution in [0.3, 0.4) is 0 Å². The van der Waals surface area contributed by atoms with Gasteiger partial charge in [0.1, 0.15) is 0 Å². The second-order valence-corrected chi connectivity index (χ2v) is 8.10. The summed E-state index contributed by atoms with van der Waals surface area (Å²) in [6.07, 6.45) is 0. The van der Waals surface area contributed by atoms with Crippen molar-refractivity contribution in [3.63, 3.8) is 0 Å². The van der Waals surface area contributed by atoms with Crippen LogP contribution in [-0.2, 0) is 4.79 Å². The largest absolute Gasteiger partial charge is 0.367 e. The number of anilines is 1. The zero-order valence-electron chi connectivity index (χ0n) is 15.8. The molecule has 0 bridgehead atoms. The number of carbonyl (C=O) groups is 1. The van der Waals surface area contributed by atoms with Crippen LogP contribution in [0.2, 0.25) is 5.02 Å². The van der Waals surface area contributed by atoms with Crippen molar-refractivity contribution in [1.82, 2.24) is 24.5 Å². The Bertz CT molecular complexity index is 1010. The van der Waals surface area contributed by atoms with E-state index < -0.39 is 0 Å². The Kier molecular flexibility index (Phi) is 5.41. The number of rotatable bonds is 4. The Morgan fingerprint density at radius 2 is 1.89 bits per heavy atom. The molecule has 3 heterocycles. The predicted molar refractivity (Wildman–Crippen MR) is 111 cm³/mol. The number of halogens is 1. The summed E-state index contributed by atoms with van der Waals surface area (Å²) in [5.41, 5.74) is 2.91. The van der Waals surface area contributed by atoms with Crippen LogP contribution in [0.1, 0.15) is 11.4 Å². The fraction of sp³-hybridized carbons (Fsp3) is 0.368. The third kappa shape index (κ3) is 3.93. The van der Waals surface area contributed by atoms with E-state index in [4.69, 9.17) is 11.6 Å². The number of piperazine rings is 1. The van der Waals surface area contributed by atoms with Gasteiger partial charge in [-0.25, -0.2) is 9.50 Å². The highest BCUT2D eigenvalue weighted by atomic mass is 35.5. The van der Waals surface area contributed by atoms with Crippen LogP contribution in [0, 0.1) is 13.8 Å². The van der Waals surface area contributed by atoms with Crippen LogP contribution in [0.15, 0.2) is 35.5 Å². The first kappa shape index (κ1) is 19.0. The van der Waals surface area contributed by atoms with Crippen LogP contribution in [-0.4, -0.2) is 62.3 Å². The predicted octanol–water partition coefficient (Wildman–Crippen LogP) is 2.84. The van der Waals surface area contributed by atoms with E-state index in [1.807, 2.05) is 49.1 Å². The van der Waals surface area contributed by atoms with Gasteiger partial charge in [0.05, 0.1) is 16.5 Å². The van der Waals surface area contributed by atoms with Gasteiger partial charge in [0, 0.05) is 37.6 Å². The molecule has 1 amide bonds. The van der Waals surface area contributed by atoms with Gasteiger partial charge in [-0.05, 0) is 32.0 Å². The van der Waals surface area contributed by atoms with Crippen molar-refractivity contribution >= 4 is 40.7 Å². The average molecular weight is 417 g/mol. The maximum absolute atomic E-state index is 12.6. The van der Waals surface area contributed by atoms with Gasteiger partial charge in [0.2, 0.25) is 11.1 Å². The number of aryl methyl sites for hydroxylation is 2. The first-order chi connectivity index (χ1) is 13.5. The molecule has 28 heavy (non-hydrogen) atoms. The molecule has 0 atom stereocenters. The van der Waals surface area contributed by atoms with Gasteiger partial charge in [-0.3, -0.25) is 4.79 Å². The highest BCUT2D eigenvalue weighted by molar-refractivity contribution is 7.99. The van der Waals surface area contributed by atoms with Gasteiger partial charge in [0.15, 0.2) is 0 Å². The van der Waals surface area contributed by atoms with E-state index in [9.17, 15) is 4.79 Å². The molecule has 7 nitrogen and oxygen atoms in total.